The monoisotopic (exact) mass is 322 g/mol. The Balaban J connectivity index is 1.92. The molecule has 3 aromatic heterocycles. The molecular weight excluding hydrogens is 312 g/mol. The number of hydrogen-bond donors (Lipinski definition) is 0. The van der Waals surface area contributed by atoms with Gasteiger partial charge in [0.2, 0.25) is 4.96 Å². The second-order valence-electron chi connectivity index (χ2n) is 4.70. The van der Waals surface area contributed by atoms with Crippen LogP contribution in [0.25, 0.3) is 27.0 Å². The van der Waals surface area contributed by atoms with Crippen molar-refractivity contribution < 1.29 is 9.15 Å². The molecule has 0 unspecified atom stereocenters. The van der Waals surface area contributed by atoms with Gasteiger partial charge in [0, 0.05) is 5.56 Å². The number of methoxy groups -OCH3 is 1. The fourth-order valence-corrected chi connectivity index (χ4v) is 3.24. The summed E-state index contributed by atoms with van der Waals surface area (Å²) in [6, 6.07) is 13.3. The van der Waals surface area contributed by atoms with E-state index in [1.54, 1.807) is 24.0 Å². The van der Waals surface area contributed by atoms with Crippen LogP contribution < -0.4 is 4.74 Å². The summed E-state index contributed by atoms with van der Waals surface area (Å²) in [6.07, 6.45) is 1.59. The van der Waals surface area contributed by atoms with Crippen molar-refractivity contribution in [2.75, 3.05) is 7.11 Å². The fraction of sp³-hybridized carbons (Fsp3) is 0.0625. The lowest BCUT2D eigenvalue weighted by atomic mass is 10.1. The molecule has 0 amide bonds. The largest absolute Gasteiger partial charge is 0.496 e. The highest BCUT2D eigenvalue weighted by Gasteiger charge is 2.21. The Morgan fingerprint density at radius 1 is 1.26 bits per heavy atom. The van der Waals surface area contributed by atoms with Crippen LogP contribution in [0.3, 0.4) is 0 Å². The predicted octanol–water partition coefficient (Wildman–Crippen LogP) is 3.60. The summed E-state index contributed by atoms with van der Waals surface area (Å²) < 4.78 is 12.3. The van der Waals surface area contributed by atoms with Crippen LogP contribution in [0.15, 0.2) is 47.1 Å². The number of furan rings is 1. The van der Waals surface area contributed by atoms with E-state index in [0.717, 1.165) is 5.56 Å². The number of fused-ring (bicyclic) bond motifs is 1. The average molecular weight is 322 g/mol. The van der Waals surface area contributed by atoms with Crippen molar-refractivity contribution in [1.29, 1.82) is 5.26 Å². The molecule has 0 radical (unpaired) electrons. The summed E-state index contributed by atoms with van der Waals surface area (Å²) >= 11 is 1.37. The molecule has 0 N–H and O–H groups in total. The molecule has 4 aromatic rings. The molecule has 0 atom stereocenters. The van der Waals surface area contributed by atoms with Gasteiger partial charge < -0.3 is 9.15 Å². The van der Waals surface area contributed by atoms with Crippen LogP contribution >= 0.6 is 11.3 Å². The van der Waals surface area contributed by atoms with Crippen LogP contribution in [0, 0.1) is 11.3 Å². The SMILES string of the molecule is COc1ccccc1-c1nc2sc(-c3ccco3)nn2c1C#N. The highest BCUT2D eigenvalue weighted by Crippen LogP contribution is 2.34. The molecule has 23 heavy (non-hydrogen) atoms. The summed E-state index contributed by atoms with van der Waals surface area (Å²) in [5.74, 6) is 1.32. The molecule has 0 aliphatic carbocycles. The Morgan fingerprint density at radius 2 is 2.13 bits per heavy atom. The first kappa shape index (κ1) is 13.5. The van der Waals surface area contributed by atoms with Crippen molar-refractivity contribution in [3.63, 3.8) is 0 Å². The van der Waals surface area contributed by atoms with Gasteiger partial charge in [-0.15, -0.1) is 5.10 Å². The second-order valence-corrected chi connectivity index (χ2v) is 5.66. The van der Waals surface area contributed by atoms with Gasteiger partial charge in [-0.25, -0.2) is 4.98 Å². The van der Waals surface area contributed by atoms with E-state index in [2.05, 4.69) is 16.2 Å². The van der Waals surface area contributed by atoms with Gasteiger partial charge in [0.05, 0.1) is 13.4 Å². The van der Waals surface area contributed by atoms with Crippen molar-refractivity contribution in [3.05, 3.63) is 48.4 Å². The van der Waals surface area contributed by atoms with E-state index >= 15 is 0 Å². The average Bonchev–Trinajstić information content (AvgIpc) is 3.29. The number of aromatic nitrogens is 3. The van der Waals surface area contributed by atoms with Gasteiger partial charge in [0.1, 0.15) is 17.5 Å². The lowest BCUT2D eigenvalue weighted by Crippen LogP contribution is -1.93. The third-order valence-corrected chi connectivity index (χ3v) is 4.33. The van der Waals surface area contributed by atoms with Crippen LogP contribution in [0.1, 0.15) is 5.69 Å². The molecule has 0 bridgehead atoms. The number of para-hydroxylation sites is 1. The molecule has 1 aromatic carbocycles. The smallest absolute Gasteiger partial charge is 0.214 e. The predicted molar refractivity (Wildman–Crippen MR) is 85.3 cm³/mol. The van der Waals surface area contributed by atoms with Gasteiger partial charge >= 0.3 is 0 Å². The summed E-state index contributed by atoms with van der Waals surface area (Å²) in [7, 11) is 1.59. The normalized spacial score (nSPS) is 10.8. The van der Waals surface area contributed by atoms with E-state index in [4.69, 9.17) is 9.15 Å². The third-order valence-electron chi connectivity index (χ3n) is 3.40. The summed E-state index contributed by atoms with van der Waals surface area (Å²) in [6.45, 7) is 0. The Kier molecular flexibility index (Phi) is 3.10. The zero-order valence-corrected chi connectivity index (χ0v) is 12.9. The van der Waals surface area contributed by atoms with Crippen LogP contribution in [-0.2, 0) is 0 Å². The lowest BCUT2D eigenvalue weighted by Gasteiger charge is -2.05. The van der Waals surface area contributed by atoms with Gasteiger partial charge in [-0.2, -0.15) is 9.78 Å². The lowest BCUT2D eigenvalue weighted by molar-refractivity contribution is 0.416. The zero-order valence-electron chi connectivity index (χ0n) is 12.1. The molecule has 112 valence electrons. The quantitative estimate of drug-likeness (QED) is 0.576. The van der Waals surface area contributed by atoms with E-state index in [-0.39, 0.29) is 0 Å². The summed E-state index contributed by atoms with van der Waals surface area (Å²) in [5, 5.41) is 14.7. The zero-order chi connectivity index (χ0) is 15.8. The van der Waals surface area contributed by atoms with Gasteiger partial charge in [-0.05, 0) is 24.3 Å². The Bertz CT molecular complexity index is 1020. The van der Waals surface area contributed by atoms with E-state index in [9.17, 15) is 5.26 Å². The Labute approximate surface area is 135 Å². The number of ether oxygens (including phenoxy) is 1. The van der Waals surface area contributed by atoms with E-state index in [1.165, 1.54) is 11.3 Å². The number of nitriles is 1. The standard InChI is InChI=1S/C16H10N4O2S/c1-21-12-6-3-2-5-10(12)14-11(9-17)20-16(18-14)23-15(19-20)13-7-4-8-22-13/h2-8H,1H3. The minimum Gasteiger partial charge on any atom is -0.496 e. The van der Waals surface area contributed by atoms with E-state index in [1.807, 2.05) is 30.3 Å². The first-order valence-electron chi connectivity index (χ1n) is 6.78. The van der Waals surface area contributed by atoms with Crippen LogP contribution in [0.2, 0.25) is 0 Å². The molecular formula is C16H10N4O2S. The van der Waals surface area contributed by atoms with Gasteiger partial charge in [-0.3, -0.25) is 0 Å². The molecule has 3 heterocycles. The number of imidazole rings is 1. The third kappa shape index (κ3) is 2.08. The molecule has 0 saturated heterocycles. The van der Waals surface area contributed by atoms with Crippen molar-refractivity contribution in [2.24, 2.45) is 0 Å². The second kappa shape index (κ2) is 5.26. The first-order chi connectivity index (χ1) is 11.3. The Hall–Kier alpha value is -3.11. The van der Waals surface area contributed by atoms with Crippen LogP contribution in [0.4, 0.5) is 0 Å². The van der Waals surface area contributed by atoms with Crippen molar-refractivity contribution in [3.8, 4) is 33.8 Å². The van der Waals surface area contributed by atoms with E-state index in [0.29, 0.717) is 32.9 Å². The molecule has 0 fully saturated rings. The minimum atomic E-state index is 0.374. The topological polar surface area (TPSA) is 76.3 Å². The molecule has 6 nitrogen and oxygen atoms in total. The molecule has 0 spiro atoms. The minimum absolute atomic E-state index is 0.374. The maximum absolute atomic E-state index is 9.56. The van der Waals surface area contributed by atoms with Crippen molar-refractivity contribution in [1.82, 2.24) is 14.6 Å². The fourth-order valence-electron chi connectivity index (χ4n) is 2.38. The summed E-state index contributed by atoms with van der Waals surface area (Å²) in [4.78, 5) is 5.20. The maximum Gasteiger partial charge on any atom is 0.214 e. The van der Waals surface area contributed by atoms with E-state index < -0.39 is 0 Å². The first-order valence-corrected chi connectivity index (χ1v) is 7.60. The van der Waals surface area contributed by atoms with Gasteiger partial charge in [0.25, 0.3) is 0 Å². The van der Waals surface area contributed by atoms with Crippen molar-refractivity contribution >= 4 is 16.3 Å². The van der Waals surface area contributed by atoms with Gasteiger partial charge in [0.15, 0.2) is 16.5 Å². The van der Waals surface area contributed by atoms with Crippen LogP contribution in [0.5, 0.6) is 5.75 Å². The van der Waals surface area contributed by atoms with Crippen LogP contribution in [-0.4, -0.2) is 21.7 Å². The highest BCUT2D eigenvalue weighted by atomic mass is 32.1. The number of benzene rings is 1. The number of nitrogens with zero attached hydrogens (tertiary/aromatic N) is 4. The molecule has 0 aliphatic heterocycles. The highest BCUT2D eigenvalue weighted by molar-refractivity contribution is 7.19. The number of rotatable bonds is 3. The molecule has 0 aliphatic rings. The van der Waals surface area contributed by atoms with Gasteiger partial charge in [-0.1, -0.05) is 23.5 Å². The number of hydrogen-bond acceptors (Lipinski definition) is 6. The van der Waals surface area contributed by atoms with Crippen molar-refractivity contribution in [2.45, 2.75) is 0 Å². The Morgan fingerprint density at radius 3 is 2.87 bits per heavy atom. The molecule has 4 rings (SSSR count). The molecule has 0 saturated carbocycles. The maximum atomic E-state index is 9.56. The molecule has 7 heteroatoms. The summed E-state index contributed by atoms with van der Waals surface area (Å²) in [5.41, 5.74) is 1.71.